The molecule has 1 N–H and O–H groups in total. The molecule has 3 aromatic rings. The largest absolute Gasteiger partial charge is 0.433 e. The second kappa shape index (κ2) is 8.26. The zero-order chi connectivity index (χ0) is 20.2. The molecule has 29 heavy (non-hydrogen) atoms. The number of carbonyl (C=O) groups excluding carboxylic acids is 1. The second-order valence-corrected chi connectivity index (χ2v) is 6.65. The van der Waals surface area contributed by atoms with Crippen molar-refractivity contribution in [2.45, 2.75) is 19.1 Å². The number of alkyl halides is 2. The Kier molecular flexibility index (Phi) is 5.37. The molecule has 0 radical (unpaired) electrons. The van der Waals surface area contributed by atoms with E-state index in [0.29, 0.717) is 30.8 Å². The SMILES string of the molecule is O=C(NC1CCN(c2ccccc2OC(F)F)C1)c1cccc(-n2ccnn2)c1. The predicted octanol–water partition coefficient (Wildman–Crippen LogP) is 2.88. The number of amides is 1. The molecule has 1 aromatic heterocycles. The van der Waals surface area contributed by atoms with Crippen LogP contribution in [0.5, 0.6) is 5.75 Å². The third-order valence-electron chi connectivity index (χ3n) is 4.74. The Labute approximate surface area is 165 Å². The number of hydrogen-bond acceptors (Lipinski definition) is 5. The van der Waals surface area contributed by atoms with Crippen LogP contribution in [0.15, 0.2) is 60.9 Å². The highest BCUT2D eigenvalue weighted by Crippen LogP contribution is 2.31. The molecule has 2 aromatic carbocycles. The van der Waals surface area contributed by atoms with Crippen molar-refractivity contribution in [2.24, 2.45) is 0 Å². The van der Waals surface area contributed by atoms with Crippen LogP contribution in [0.3, 0.4) is 0 Å². The first kappa shape index (κ1) is 18.9. The molecule has 1 atom stereocenters. The highest BCUT2D eigenvalue weighted by atomic mass is 19.3. The van der Waals surface area contributed by atoms with Crippen LogP contribution in [0.4, 0.5) is 14.5 Å². The molecule has 1 saturated heterocycles. The number of ether oxygens (including phenoxy) is 1. The molecule has 1 aliphatic heterocycles. The van der Waals surface area contributed by atoms with E-state index in [9.17, 15) is 13.6 Å². The molecule has 7 nitrogen and oxygen atoms in total. The Hall–Kier alpha value is -3.49. The molecule has 1 amide bonds. The van der Waals surface area contributed by atoms with Gasteiger partial charge in [0.2, 0.25) is 0 Å². The second-order valence-electron chi connectivity index (χ2n) is 6.65. The fourth-order valence-corrected chi connectivity index (χ4v) is 3.42. The summed E-state index contributed by atoms with van der Waals surface area (Å²) in [6.45, 7) is -1.74. The zero-order valence-corrected chi connectivity index (χ0v) is 15.4. The molecular formula is C20H19F2N5O2. The molecule has 0 bridgehead atoms. The minimum atomic E-state index is -2.88. The van der Waals surface area contributed by atoms with E-state index in [0.717, 1.165) is 5.69 Å². The summed E-state index contributed by atoms with van der Waals surface area (Å²) in [6.07, 6.45) is 3.97. The van der Waals surface area contributed by atoms with E-state index in [4.69, 9.17) is 0 Å². The average molecular weight is 399 g/mol. The fraction of sp³-hybridized carbons (Fsp3) is 0.250. The summed E-state index contributed by atoms with van der Waals surface area (Å²) in [5, 5.41) is 10.7. The summed E-state index contributed by atoms with van der Waals surface area (Å²) in [4.78, 5) is 14.6. The Morgan fingerprint density at radius 1 is 1.21 bits per heavy atom. The van der Waals surface area contributed by atoms with Crippen LogP contribution >= 0.6 is 0 Å². The van der Waals surface area contributed by atoms with E-state index in [2.05, 4.69) is 20.4 Å². The lowest BCUT2D eigenvalue weighted by molar-refractivity contribution is -0.0495. The number of rotatable bonds is 6. The van der Waals surface area contributed by atoms with Gasteiger partial charge in [-0.1, -0.05) is 23.4 Å². The quantitative estimate of drug-likeness (QED) is 0.690. The standard InChI is InChI=1S/C20H19F2N5O2/c21-20(22)29-18-7-2-1-6-17(18)26-10-8-15(13-26)24-19(28)14-4-3-5-16(12-14)27-11-9-23-25-27/h1-7,9,11-12,15,20H,8,10,13H2,(H,24,28). The van der Waals surface area contributed by atoms with Crippen molar-refractivity contribution in [3.8, 4) is 11.4 Å². The molecule has 1 fully saturated rings. The minimum Gasteiger partial charge on any atom is -0.433 e. The van der Waals surface area contributed by atoms with Gasteiger partial charge in [0.25, 0.3) is 5.91 Å². The van der Waals surface area contributed by atoms with Crippen LogP contribution in [-0.4, -0.2) is 46.6 Å². The maximum Gasteiger partial charge on any atom is 0.387 e. The lowest BCUT2D eigenvalue weighted by Gasteiger charge is -2.22. The first-order chi connectivity index (χ1) is 14.1. The molecule has 0 spiro atoms. The number of carbonyl (C=O) groups is 1. The van der Waals surface area contributed by atoms with Crippen molar-refractivity contribution in [1.82, 2.24) is 20.3 Å². The monoisotopic (exact) mass is 399 g/mol. The van der Waals surface area contributed by atoms with E-state index >= 15 is 0 Å². The Morgan fingerprint density at radius 3 is 2.86 bits per heavy atom. The van der Waals surface area contributed by atoms with Gasteiger partial charge < -0.3 is 15.0 Å². The van der Waals surface area contributed by atoms with Gasteiger partial charge in [0, 0.05) is 24.7 Å². The lowest BCUT2D eigenvalue weighted by Crippen LogP contribution is -2.37. The molecule has 4 rings (SSSR count). The predicted molar refractivity (Wildman–Crippen MR) is 103 cm³/mol. The van der Waals surface area contributed by atoms with Crippen molar-refractivity contribution in [1.29, 1.82) is 0 Å². The van der Waals surface area contributed by atoms with Crippen molar-refractivity contribution in [2.75, 3.05) is 18.0 Å². The van der Waals surface area contributed by atoms with Crippen molar-refractivity contribution >= 4 is 11.6 Å². The average Bonchev–Trinajstić information content (AvgIpc) is 3.40. The van der Waals surface area contributed by atoms with Crippen molar-refractivity contribution in [3.63, 3.8) is 0 Å². The normalized spacial score (nSPS) is 16.2. The van der Waals surface area contributed by atoms with Crippen LogP contribution in [-0.2, 0) is 0 Å². The van der Waals surface area contributed by atoms with Crippen LogP contribution in [0.1, 0.15) is 16.8 Å². The third-order valence-corrected chi connectivity index (χ3v) is 4.74. The molecule has 1 unspecified atom stereocenters. The minimum absolute atomic E-state index is 0.0999. The van der Waals surface area contributed by atoms with E-state index in [1.807, 2.05) is 11.0 Å². The number of benzene rings is 2. The molecule has 2 heterocycles. The topological polar surface area (TPSA) is 72.3 Å². The number of nitrogens with one attached hydrogen (secondary N) is 1. The smallest absolute Gasteiger partial charge is 0.387 e. The molecular weight excluding hydrogens is 380 g/mol. The number of nitrogens with zero attached hydrogens (tertiary/aromatic N) is 4. The van der Waals surface area contributed by atoms with Crippen molar-refractivity contribution < 1.29 is 18.3 Å². The maximum absolute atomic E-state index is 12.7. The van der Waals surface area contributed by atoms with Crippen LogP contribution < -0.4 is 15.0 Å². The van der Waals surface area contributed by atoms with Crippen LogP contribution in [0, 0.1) is 0 Å². The van der Waals surface area contributed by atoms with Gasteiger partial charge in [-0.15, -0.1) is 5.10 Å². The fourth-order valence-electron chi connectivity index (χ4n) is 3.42. The zero-order valence-electron chi connectivity index (χ0n) is 15.4. The van der Waals surface area contributed by atoms with Gasteiger partial charge >= 0.3 is 6.61 Å². The summed E-state index contributed by atoms with van der Waals surface area (Å²) in [5.74, 6) is -0.0639. The van der Waals surface area contributed by atoms with Gasteiger partial charge in [-0.25, -0.2) is 4.68 Å². The van der Waals surface area contributed by atoms with Gasteiger partial charge in [-0.3, -0.25) is 4.79 Å². The van der Waals surface area contributed by atoms with Gasteiger partial charge in [0.1, 0.15) is 5.75 Å². The van der Waals surface area contributed by atoms with E-state index in [-0.39, 0.29) is 17.7 Å². The highest BCUT2D eigenvalue weighted by molar-refractivity contribution is 5.95. The summed E-state index contributed by atoms with van der Waals surface area (Å²) >= 11 is 0. The number of aromatic nitrogens is 3. The summed E-state index contributed by atoms with van der Waals surface area (Å²) in [5.41, 5.74) is 1.84. The Balaban J connectivity index is 1.42. The first-order valence-electron chi connectivity index (χ1n) is 9.16. The Morgan fingerprint density at radius 2 is 2.07 bits per heavy atom. The third kappa shape index (κ3) is 4.34. The van der Waals surface area contributed by atoms with Gasteiger partial charge in [0.15, 0.2) is 0 Å². The summed E-state index contributed by atoms with van der Waals surface area (Å²) < 4.78 is 31.5. The number of hydrogen-bond donors (Lipinski definition) is 1. The van der Waals surface area contributed by atoms with E-state index in [1.165, 1.54) is 6.07 Å². The molecule has 150 valence electrons. The lowest BCUT2D eigenvalue weighted by atomic mass is 10.1. The highest BCUT2D eigenvalue weighted by Gasteiger charge is 2.26. The summed E-state index contributed by atoms with van der Waals surface area (Å²) in [6, 6.07) is 13.7. The van der Waals surface area contributed by atoms with Gasteiger partial charge in [0.05, 0.1) is 23.8 Å². The summed E-state index contributed by atoms with van der Waals surface area (Å²) in [7, 11) is 0. The molecule has 0 aliphatic carbocycles. The van der Waals surface area contributed by atoms with Gasteiger partial charge in [-0.2, -0.15) is 8.78 Å². The molecule has 1 aliphatic rings. The number of anilines is 1. The van der Waals surface area contributed by atoms with E-state index in [1.54, 1.807) is 53.5 Å². The van der Waals surface area contributed by atoms with Crippen LogP contribution in [0.2, 0.25) is 0 Å². The van der Waals surface area contributed by atoms with Crippen molar-refractivity contribution in [3.05, 3.63) is 66.5 Å². The van der Waals surface area contributed by atoms with Gasteiger partial charge in [-0.05, 0) is 36.8 Å². The number of para-hydroxylation sites is 2. The maximum atomic E-state index is 12.7. The van der Waals surface area contributed by atoms with E-state index < -0.39 is 6.61 Å². The molecule has 0 saturated carbocycles. The first-order valence-corrected chi connectivity index (χ1v) is 9.16. The number of halogens is 2. The van der Waals surface area contributed by atoms with Crippen LogP contribution in [0.25, 0.3) is 5.69 Å². The molecule has 9 heteroatoms. The Bertz CT molecular complexity index is 981.